The Morgan fingerprint density at radius 2 is 1.96 bits per heavy atom. The average molecular weight is 464 g/mol. The number of hydrogen-bond acceptors (Lipinski definition) is 6. The molecule has 2 aromatic carbocycles. The molecule has 3 rings (SSSR count). The van der Waals surface area contributed by atoms with E-state index in [9.17, 15) is 20.0 Å². The number of benzene rings is 2. The Morgan fingerprint density at radius 1 is 1.26 bits per heavy atom. The SMILES string of the molecule is Cc1ccc(N2C(=O)/C(=C\c3cc([N+](=O)[O-])cc(Br)c3[O-])SC2=S)c(C)c1. The Labute approximate surface area is 173 Å². The van der Waals surface area contributed by atoms with Crippen molar-refractivity contribution in [3.63, 3.8) is 0 Å². The van der Waals surface area contributed by atoms with Crippen molar-refractivity contribution >= 4 is 67.6 Å². The lowest BCUT2D eigenvalue weighted by Gasteiger charge is -2.17. The van der Waals surface area contributed by atoms with Gasteiger partial charge in [-0.2, -0.15) is 0 Å². The summed E-state index contributed by atoms with van der Waals surface area (Å²) in [5.74, 6) is -0.795. The molecular formula is C18H12BrN2O4S2-. The summed E-state index contributed by atoms with van der Waals surface area (Å²) in [4.78, 5) is 25.0. The highest BCUT2D eigenvalue weighted by Gasteiger charge is 2.34. The van der Waals surface area contributed by atoms with Crippen molar-refractivity contribution in [2.75, 3.05) is 4.90 Å². The smallest absolute Gasteiger partial charge is 0.271 e. The number of nitrogens with zero attached hydrogens (tertiary/aromatic N) is 2. The number of nitro benzene ring substituents is 1. The Morgan fingerprint density at radius 3 is 2.59 bits per heavy atom. The first-order chi connectivity index (χ1) is 12.7. The fraction of sp³-hybridized carbons (Fsp3) is 0.111. The summed E-state index contributed by atoms with van der Waals surface area (Å²) < 4.78 is 0.406. The lowest BCUT2D eigenvalue weighted by molar-refractivity contribution is -0.385. The van der Waals surface area contributed by atoms with E-state index in [4.69, 9.17) is 12.2 Å². The molecule has 0 radical (unpaired) electrons. The van der Waals surface area contributed by atoms with Crippen molar-refractivity contribution in [2.24, 2.45) is 0 Å². The second-order valence-corrected chi connectivity index (χ2v) is 8.44. The number of non-ortho nitro benzene ring substituents is 1. The standard InChI is InChI=1S/C18H13BrN2O4S2/c1-9-3-4-14(10(2)5-9)20-17(23)15(27-18(20)26)7-11-6-12(21(24)25)8-13(19)16(11)22/h3-8,22H,1-2H3/p-1/b15-7+. The van der Waals surface area contributed by atoms with Gasteiger partial charge in [0.05, 0.1) is 15.5 Å². The average Bonchev–Trinajstić information content (AvgIpc) is 2.86. The highest BCUT2D eigenvalue weighted by atomic mass is 79.9. The molecule has 1 heterocycles. The molecule has 138 valence electrons. The minimum Gasteiger partial charge on any atom is -0.871 e. The normalized spacial score (nSPS) is 15.7. The minimum absolute atomic E-state index is 0.0530. The number of carbonyl (C=O) groups is 1. The predicted octanol–water partition coefficient (Wildman–Crippen LogP) is 4.45. The quantitative estimate of drug-likeness (QED) is 0.289. The molecule has 0 unspecified atom stereocenters. The topological polar surface area (TPSA) is 86.5 Å². The summed E-state index contributed by atoms with van der Waals surface area (Å²) >= 11 is 9.43. The van der Waals surface area contributed by atoms with Gasteiger partial charge in [-0.1, -0.05) is 63.4 Å². The molecule has 0 saturated carbocycles. The van der Waals surface area contributed by atoms with E-state index in [0.29, 0.717) is 10.0 Å². The molecular weight excluding hydrogens is 452 g/mol. The maximum Gasteiger partial charge on any atom is 0.271 e. The molecule has 9 heteroatoms. The molecule has 6 nitrogen and oxygen atoms in total. The molecule has 0 aliphatic carbocycles. The molecule has 0 aromatic heterocycles. The molecule has 1 amide bonds. The van der Waals surface area contributed by atoms with Crippen molar-refractivity contribution in [1.29, 1.82) is 0 Å². The number of rotatable bonds is 3. The summed E-state index contributed by atoms with van der Waals surface area (Å²) in [6.45, 7) is 3.84. The zero-order valence-electron chi connectivity index (χ0n) is 14.2. The third-order valence-electron chi connectivity index (χ3n) is 3.94. The van der Waals surface area contributed by atoms with Crippen LogP contribution in [0.3, 0.4) is 0 Å². The number of amides is 1. The van der Waals surface area contributed by atoms with Gasteiger partial charge in [-0.15, -0.1) is 0 Å². The Bertz CT molecular complexity index is 1040. The number of halogens is 1. The number of carbonyl (C=O) groups excluding carboxylic acids is 1. The lowest BCUT2D eigenvalue weighted by atomic mass is 10.1. The van der Waals surface area contributed by atoms with Crippen molar-refractivity contribution in [1.82, 2.24) is 0 Å². The highest BCUT2D eigenvalue weighted by molar-refractivity contribution is 9.10. The number of anilines is 1. The first kappa shape index (κ1) is 19.5. The number of nitro groups is 1. The summed E-state index contributed by atoms with van der Waals surface area (Å²) in [5.41, 5.74) is 2.45. The van der Waals surface area contributed by atoms with E-state index in [1.165, 1.54) is 11.0 Å². The lowest BCUT2D eigenvalue weighted by Crippen LogP contribution is -2.28. The van der Waals surface area contributed by atoms with E-state index in [2.05, 4.69) is 15.9 Å². The van der Waals surface area contributed by atoms with Crippen LogP contribution < -0.4 is 10.0 Å². The van der Waals surface area contributed by atoms with Gasteiger partial charge in [0.15, 0.2) is 4.32 Å². The first-order valence-corrected chi connectivity index (χ1v) is 9.71. The Balaban J connectivity index is 2.04. The highest BCUT2D eigenvalue weighted by Crippen LogP contribution is 2.39. The van der Waals surface area contributed by atoms with Crippen LogP contribution in [0.4, 0.5) is 11.4 Å². The first-order valence-electron chi connectivity index (χ1n) is 7.69. The molecule has 27 heavy (non-hydrogen) atoms. The monoisotopic (exact) mass is 463 g/mol. The molecule has 1 fully saturated rings. The molecule has 1 aliphatic rings. The fourth-order valence-electron chi connectivity index (χ4n) is 2.69. The van der Waals surface area contributed by atoms with E-state index < -0.39 is 10.7 Å². The molecule has 0 spiro atoms. The van der Waals surface area contributed by atoms with Gasteiger partial charge >= 0.3 is 0 Å². The zero-order valence-corrected chi connectivity index (χ0v) is 17.4. The number of thioether (sulfide) groups is 1. The summed E-state index contributed by atoms with van der Waals surface area (Å²) in [6, 6.07) is 7.95. The van der Waals surface area contributed by atoms with Gasteiger partial charge in [-0.3, -0.25) is 19.8 Å². The van der Waals surface area contributed by atoms with Crippen LogP contribution in [0.2, 0.25) is 0 Å². The van der Waals surface area contributed by atoms with Crippen LogP contribution in [0.25, 0.3) is 6.08 Å². The van der Waals surface area contributed by atoms with E-state index >= 15 is 0 Å². The van der Waals surface area contributed by atoms with Gasteiger partial charge in [0, 0.05) is 16.6 Å². The maximum absolute atomic E-state index is 12.9. The van der Waals surface area contributed by atoms with E-state index in [-0.39, 0.29) is 26.5 Å². The third-order valence-corrected chi connectivity index (χ3v) is 5.83. The minimum atomic E-state index is -0.595. The molecule has 0 atom stereocenters. The number of hydrogen-bond donors (Lipinski definition) is 0. The van der Waals surface area contributed by atoms with E-state index in [0.717, 1.165) is 35.0 Å². The van der Waals surface area contributed by atoms with Gasteiger partial charge in [-0.25, -0.2) is 0 Å². The van der Waals surface area contributed by atoms with Crippen molar-refractivity contribution < 1.29 is 14.8 Å². The van der Waals surface area contributed by atoms with Gasteiger partial charge < -0.3 is 5.11 Å². The Kier molecular flexibility index (Phi) is 5.36. The van der Waals surface area contributed by atoms with Crippen LogP contribution in [0.1, 0.15) is 16.7 Å². The third kappa shape index (κ3) is 3.76. The predicted molar refractivity (Wildman–Crippen MR) is 112 cm³/mol. The number of thiocarbonyl (C=S) groups is 1. The van der Waals surface area contributed by atoms with Crippen LogP contribution in [-0.4, -0.2) is 15.2 Å². The van der Waals surface area contributed by atoms with Crippen LogP contribution in [0, 0.1) is 24.0 Å². The van der Waals surface area contributed by atoms with Crippen LogP contribution in [0.15, 0.2) is 39.7 Å². The van der Waals surface area contributed by atoms with Crippen molar-refractivity contribution in [3.8, 4) is 5.75 Å². The largest absolute Gasteiger partial charge is 0.871 e. The summed E-state index contributed by atoms with van der Waals surface area (Å²) in [7, 11) is 0. The maximum atomic E-state index is 12.9. The van der Waals surface area contributed by atoms with Crippen LogP contribution in [0.5, 0.6) is 5.75 Å². The zero-order chi connectivity index (χ0) is 19.9. The summed E-state index contributed by atoms with van der Waals surface area (Å²) in [5, 5.41) is 23.3. The second-order valence-electron chi connectivity index (χ2n) is 5.91. The van der Waals surface area contributed by atoms with Gasteiger partial charge in [0.25, 0.3) is 11.6 Å². The van der Waals surface area contributed by atoms with Crippen LogP contribution in [-0.2, 0) is 4.79 Å². The van der Waals surface area contributed by atoms with E-state index in [1.807, 2.05) is 32.0 Å². The van der Waals surface area contributed by atoms with E-state index in [1.54, 1.807) is 0 Å². The van der Waals surface area contributed by atoms with Gasteiger partial charge in [-0.05, 0) is 37.1 Å². The molecule has 1 saturated heterocycles. The molecule has 0 N–H and O–H groups in total. The second kappa shape index (κ2) is 7.41. The summed E-state index contributed by atoms with van der Waals surface area (Å²) in [6.07, 6.45) is 1.35. The fourth-order valence-corrected chi connectivity index (χ4v) is 4.42. The number of aryl methyl sites for hydroxylation is 2. The molecule has 1 aliphatic heterocycles. The van der Waals surface area contributed by atoms with Crippen LogP contribution >= 0.6 is 39.9 Å². The molecule has 2 aromatic rings. The molecule has 0 bridgehead atoms. The van der Waals surface area contributed by atoms with Gasteiger partial charge in [0.1, 0.15) is 0 Å². The Hall–Kier alpha value is -2.23. The van der Waals surface area contributed by atoms with Gasteiger partial charge in [0.2, 0.25) is 0 Å². The van der Waals surface area contributed by atoms with Crippen molar-refractivity contribution in [3.05, 3.63) is 66.5 Å². The van der Waals surface area contributed by atoms with Crippen molar-refractivity contribution in [2.45, 2.75) is 13.8 Å².